The van der Waals surface area contributed by atoms with Gasteiger partial charge in [-0.05, 0) is 6.92 Å². The third-order valence-corrected chi connectivity index (χ3v) is 2.38. The number of rotatable bonds is 3. The summed E-state index contributed by atoms with van der Waals surface area (Å²) < 4.78 is 0. The van der Waals surface area contributed by atoms with Gasteiger partial charge in [0.05, 0.1) is 29.1 Å². The second-order valence-corrected chi connectivity index (χ2v) is 3.48. The highest BCUT2D eigenvalue weighted by Crippen LogP contribution is 2.17. The second-order valence-electron chi connectivity index (χ2n) is 2.77. The minimum atomic E-state index is 0.226. The lowest BCUT2D eigenvalue weighted by molar-refractivity contribution is 0.850. The van der Waals surface area contributed by atoms with Gasteiger partial charge >= 0.3 is 0 Å². The van der Waals surface area contributed by atoms with Gasteiger partial charge in [0.2, 0.25) is 0 Å². The van der Waals surface area contributed by atoms with Gasteiger partial charge in [0.25, 0.3) is 0 Å². The molecule has 0 aromatic carbocycles. The molecule has 2 aromatic rings. The quantitative estimate of drug-likeness (QED) is 0.786. The topological polar surface area (TPSA) is 53.6 Å². The lowest BCUT2D eigenvalue weighted by Crippen LogP contribution is -2.05. The van der Waals surface area contributed by atoms with E-state index in [1.54, 1.807) is 17.5 Å². The highest BCUT2D eigenvalue weighted by Gasteiger charge is 2.06. The molecule has 2 aromatic heterocycles. The molecule has 0 aliphatic rings. The van der Waals surface area contributed by atoms with Gasteiger partial charge in [0, 0.05) is 11.6 Å². The molecule has 0 aliphatic heterocycles. The highest BCUT2D eigenvalue weighted by molar-refractivity contribution is 7.07. The zero-order valence-electron chi connectivity index (χ0n) is 7.19. The monoisotopic (exact) mass is 194 g/mol. The molecule has 1 unspecified atom stereocenters. The van der Waals surface area contributed by atoms with Crippen molar-refractivity contribution >= 4 is 17.0 Å². The summed E-state index contributed by atoms with van der Waals surface area (Å²) in [6.07, 6.45) is 3.58. The van der Waals surface area contributed by atoms with Crippen LogP contribution in [0, 0.1) is 0 Å². The van der Waals surface area contributed by atoms with Crippen molar-refractivity contribution < 1.29 is 0 Å². The Kier molecular flexibility index (Phi) is 2.27. The number of aromatic nitrogens is 3. The SMILES string of the molecule is CC(Nc1cn[nH]c1)c1cscn1. The average Bonchev–Trinajstić information content (AvgIpc) is 2.74. The first-order valence-corrected chi connectivity index (χ1v) is 4.94. The fourth-order valence-corrected chi connectivity index (χ4v) is 1.74. The molecule has 0 bridgehead atoms. The summed E-state index contributed by atoms with van der Waals surface area (Å²) in [4.78, 5) is 4.22. The van der Waals surface area contributed by atoms with Crippen LogP contribution in [0.3, 0.4) is 0 Å². The van der Waals surface area contributed by atoms with Crippen LogP contribution in [0.2, 0.25) is 0 Å². The van der Waals surface area contributed by atoms with Gasteiger partial charge in [0.1, 0.15) is 0 Å². The number of H-pyrrole nitrogens is 1. The van der Waals surface area contributed by atoms with Crippen LogP contribution in [0.1, 0.15) is 18.7 Å². The Labute approximate surface area is 80.0 Å². The largest absolute Gasteiger partial charge is 0.374 e. The van der Waals surface area contributed by atoms with E-state index < -0.39 is 0 Å². The van der Waals surface area contributed by atoms with Gasteiger partial charge in [-0.25, -0.2) is 4.98 Å². The minimum Gasteiger partial charge on any atom is -0.374 e. The Balaban J connectivity index is 2.04. The number of aromatic amines is 1. The normalized spacial score (nSPS) is 12.7. The van der Waals surface area contributed by atoms with E-state index >= 15 is 0 Å². The Bertz CT molecular complexity index is 340. The first-order valence-electron chi connectivity index (χ1n) is 3.99. The van der Waals surface area contributed by atoms with Crippen molar-refractivity contribution in [2.45, 2.75) is 13.0 Å². The maximum Gasteiger partial charge on any atom is 0.0795 e. The third kappa shape index (κ3) is 1.86. The molecule has 0 saturated carbocycles. The zero-order chi connectivity index (χ0) is 9.10. The van der Waals surface area contributed by atoms with E-state index in [0.29, 0.717) is 0 Å². The summed E-state index contributed by atoms with van der Waals surface area (Å²) in [5, 5.41) is 11.9. The first-order chi connectivity index (χ1) is 6.36. The number of nitrogens with zero attached hydrogens (tertiary/aromatic N) is 2. The van der Waals surface area contributed by atoms with Crippen molar-refractivity contribution in [1.82, 2.24) is 15.2 Å². The van der Waals surface area contributed by atoms with Gasteiger partial charge in [-0.15, -0.1) is 11.3 Å². The first kappa shape index (κ1) is 8.25. The number of hydrogen-bond donors (Lipinski definition) is 2. The molecule has 0 radical (unpaired) electrons. The van der Waals surface area contributed by atoms with Crippen molar-refractivity contribution in [2.24, 2.45) is 0 Å². The third-order valence-electron chi connectivity index (χ3n) is 1.78. The smallest absolute Gasteiger partial charge is 0.0795 e. The van der Waals surface area contributed by atoms with E-state index in [1.165, 1.54) is 0 Å². The van der Waals surface area contributed by atoms with E-state index in [-0.39, 0.29) is 6.04 Å². The van der Waals surface area contributed by atoms with Gasteiger partial charge in [-0.2, -0.15) is 5.10 Å². The maximum atomic E-state index is 4.22. The van der Waals surface area contributed by atoms with Gasteiger partial charge in [-0.1, -0.05) is 0 Å². The van der Waals surface area contributed by atoms with Crippen LogP contribution in [-0.2, 0) is 0 Å². The lowest BCUT2D eigenvalue weighted by Gasteiger charge is -2.09. The summed E-state index contributed by atoms with van der Waals surface area (Å²) in [6.45, 7) is 2.07. The molecule has 0 spiro atoms. The Morgan fingerprint density at radius 3 is 3.15 bits per heavy atom. The van der Waals surface area contributed by atoms with Crippen molar-refractivity contribution in [2.75, 3.05) is 5.32 Å². The van der Waals surface area contributed by atoms with E-state index in [2.05, 4.69) is 27.4 Å². The number of thiazole rings is 1. The molecule has 0 saturated heterocycles. The lowest BCUT2D eigenvalue weighted by atomic mass is 10.2. The van der Waals surface area contributed by atoms with E-state index in [0.717, 1.165) is 11.4 Å². The molecule has 0 aliphatic carbocycles. The number of anilines is 1. The molecule has 2 N–H and O–H groups in total. The van der Waals surface area contributed by atoms with Crippen LogP contribution in [0.15, 0.2) is 23.3 Å². The molecule has 68 valence electrons. The molecular weight excluding hydrogens is 184 g/mol. The molecule has 2 rings (SSSR count). The Hall–Kier alpha value is -1.36. The Morgan fingerprint density at radius 2 is 2.54 bits per heavy atom. The molecule has 4 nitrogen and oxygen atoms in total. The van der Waals surface area contributed by atoms with Crippen LogP contribution in [0.5, 0.6) is 0 Å². The van der Waals surface area contributed by atoms with E-state index in [4.69, 9.17) is 0 Å². The predicted octanol–water partition coefficient (Wildman–Crippen LogP) is 2.04. The number of nitrogens with one attached hydrogen (secondary N) is 2. The maximum absolute atomic E-state index is 4.22. The van der Waals surface area contributed by atoms with Crippen LogP contribution < -0.4 is 5.32 Å². The number of hydrogen-bond acceptors (Lipinski definition) is 4. The molecule has 1 atom stereocenters. The van der Waals surface area contributed by atoms with Crippen LogP contribution >= 0.6 is 11.3 Å². The predicted molar refractivity (Wildman–Crippen MR) is 52.7 cm³/mol. The summed E-state index contributed by atoms with van der Waals surface area (Å²) >= 11 is 1.61. The summed E-state index contributed by atoms with van der Waals surface area (Å²) in [5.41, 5.74) is 3.88. The van der Waals surface area contributed by atoms with Crippen LogP contribution in [-0.4, -0.2) is 15.2 Å². The molecule has 0 fully saturated rings. The van der Waals surface area contributed by atoms with Crippen molar-refractivity contribution in [1.29, 1.82) is 0 Å². The summed E-state index contributed by atoms with van der Waals surface area (Å²) in [5.74, 6) is 0. The molecule has 5 heteroatoms. The van der Waals surface area contributed by atoms with Gasteiger partial charge in [0.15, 0.2) is 0 Å². The second kappa shape index (κ2) is 3.57. The van der Waals surface area contributed by atoms with Gasteiger partial charge in [-0.3, -0.25) is 5.10 Å². The summed E-state index contributed by atoms with van der Waals surface area (Å²) in [6, 6.07) is 0.226. The molecule has 2 heterocycles. The van der Waals surface area contributed by atoms with Crippen LogP contribution in [0.25, 0.3) is 0 Å². The van der Waals surface area contributed by atoms with E-state index in [9.17, 15) is 0 Å². The molecular formula is C8H10N4S. The average molecular weight is 194 g/mol. The molecule has 0 amide bonds. The van der Waals surface area contributed by atoms with E-state index in [1.807, 2.05) is 17.1 Å². The van der Waals surface area contributed by atoms with Crippen molar-refractivity contribution in [3.05, 3.63) is 29.0 Å². The fourth-order valence-electron chi connectivity index (χ4n) is 1.09. The Morgan fingerprint density at radius 1 is 1.62 bits per heavy atom. The zero-order valence-corrected chi connectivity index (χ0v) is 8.01. The minimum absolute atomic E-state index is 0.226. The van der Waals surface area contributed by atoms with Crippen molar-refractivity contribution in [3.8, 4) is 0 Å². The standard InChI is InChI=1S/C8H10N4S/c1-6(8-4-13-5-9-8)12-7-2-10-11-3-7/h2-6,12H,1H3,(H,10,11). The summed E-state index contributed by atoms with van der Waals surface area (Å²) in [7, 11) is 0. The van der Waals surface area contributed by atoms with Crippen LogP contribution in [0.4, 0.5) is 5.69 Å². The van der Waals surface area contributed by atoms with Crippen molar-refractivity contribution in [3.63, 3.8) is 0 Å². The van der Waals surface area contributed by atoms with Gasteiger partial charge < -0.3 is 5.32 Å². The highest BCUT2D eigenvalue weighted by atomic mass is 32.1. The molecule has 13 heavy (non-hydrogen) atoms. The fraction of sp³-hybridized carbons (Fsp3) is 0.250.